The van der Waals surface area contributed by atoms with Gasteiger partial charge in [-0.2, -0.15) is 0 Å². The third kappa shape index (κ3) is 1.19. The molecule has 10 heavy (non-hydrogen) atoms. The molecule has 0 heterocycles. The standard InChI is InChI=1S/C7H9N2O/c8-4-5-1-2-6(10)3-7(5)9/h1-3H,4,8-9H2. The summed E-state index contributed by atoms with van der Waals surface area (Å²) in [5, 5.41) is 10.6. The zero-order valence-corrected chi connectivity index (χ0v) is 5.50. The maximum Gasteiger partial charge on any atom is 0.180 e. The van der Waals surface area contributed by atoms with Crippen molar-refractivity contribution in [2.45, 2.75) is 6.54 Å². The van der Waals surface area contributed by atoms with Crippen LogP contribution in [0.1, 0.15) is 5.56 Å². The van der Waals surface area contributed by atoms with Crippen LogP contribution in [0.5, 0.6) is 5.75 Å². The van der Waals surface area contributed by atoms with E-state index >= 15 is 0 Å². The van der Waals surface area contributed by atoms with Crippen molar-refractivity contribution in [1.82, 2.24) is 0 Å². The highest BCUT2D eigenvalue weighted by Crippen LogP contribution is 2.17. The van der Waals surface area contributed by atoms with Gasteiger partial charge in [-0.05, 0) is 11.6 Å². The van der Waals surface area contributed by atoms with Crippen molar-refractivity contribution in [1.29, 1.82) is 0 Å². The predicted octanol–water partition coefficient (Wildman–Crippen LogP) is 0.871. The molecule has 0 aromatic heterocycles. The van der Waals surface area contributed by atoms with Crippen LogP contribution in [0.15, 0.2) is 18.2 Å². The van der Waals surface area contributed by atoms with Crippen molar-refractivity contribution in [3.8, 4) is 5.75 Å². The summed E-state index contributed by atoms with van der Waals surface area (Å²) in [6.45, 7) is 0.381. The highest BCUT2D eigenvalue weighted by molar-refractivity contribution is 5.50. The summed E-state index contributed by atoms with van der Waals surface area (Å²) in [6.07, 6.45) is 0. The molecule has 0 aliphatic rings. The van der Waals surface area contributed by atoms with E-state index in [1.807, 2.05) is 0 Å². The second kappa shape index (κ2) is 2.58. The van der Waals surface area contributed by atoms with Gasteiger partial charge >= 0.3 is 0 Å². The maximum absolute atomic E-state index is 10.6. The summed E-state index contributed by atoms with van der Waals surface area (Å²) in [5.74, 6) is -0.0744. The van der Waals surface area contributed by atoms with E-state index in [1.54, 1.807) is 6.07 Å². The predicted molar refractivity (Wildman–Crippen MR) is 38.9 cm³/mol. The molecule has 1 aromatic carbocycles. The number of nitrogen functional groups attached to an aromatic ring is 1. The lowest BCUT2D eigenvalue weighted by molar-refractivity contribution is 0.355. The SMILES string of the molecule is NCc1ccc([O])cc1N. The lowest BCUT2D eigenvalue weighted by Gasteiger charge is -1.99. The van der Waals surface area contributed by atoms with Crippen LogP contribution in [0.2, 0.25) is 0 Å². The third-order valence-electron chi connectivity index (χ3n) is 1.34. The Morgan fingerprint density at radius 1 is 1.40 bits per heavy atom. The van der Waals surface area contributed by atoms with Gasteiger partial charge < -0.3 is 11.5 Å². The molecule has 1 rings (SSSR count). The molecule has 1 radical (unpaired) electrons. The molecular formula is C7H9N2O. The quantitative estimate of drug-likeness (QED) is 0.564. The van der Waals surface area contributed by atoms with Crippen LogP contribution in [0, 0.1) is 0 Å². The normalized spacial score (nSPS) is 9.70. The van der Waals surface area contributed by atoms with E-state index in [0.29, 0.717) is 12.2 Å². The van der Waals surface area contributed by atoms with Crippen molar-refractivity contribution < 1.29 is 5.11 Å². The fourth-order valence-corrected chi connectivity index (χ4v) is 0.759. The number of nitrogens with two attached hydrogens (primary N) is 2. The van der Waals surface area contributed by atoms with Gasteiger partial charge in [-0.15, -0.1) is 0 Å². The molecule has 0 amide bonds. The number of rotatable bonds is 1. The Balaban J connectivity index is 3.07. The first kappa shape index (κ1) is 6.89. The van der Waals surface area contributed by atoms with Gasteiger partial charge in [0.2, 0.25) is 0 Å². The molecule has 0 unspecified atom stereocenters. The number of hydrogen-bond donors (Lipinski definition) is 2. The van der Waals surface area contributed by atoms with Gasteiger partial charge in [0, 0.05) is 18.3 Å². The molecule has 1 aromatic rings. The Bertz CT molecular complexity index is 235. The molecule has 3 heteroatoms. The molecule has 0 spiro atoms. The summed E-state index contributed by atoms with van der Waals surface area (Å²) in [5.41, 5.74) is 12.1. The van der Waals surface area contributed by atoms with Crippen molar-refractivity contribution in [2.24, 2.45) is 5.73 Å². The molecular weight excluding hydrogens is 128 g/mol. The van der Waals surface area contributed by atoms with E-state index in [9.17, 15) is 5.11 Å². The topological polar surface area (TPSA) is 71.9 Å². The monoisotopic (exact) mass is 137 g/mol. The Morgan fingerprint density at radius 3 is 2.60 bits per heavy atom. The van der Waals surface area contributed by atoms with Crippen LogP contribution >= 0.6 is 0 Å². The van der Waals surface area contributed by atoms with Gasteiger partial charge in [0.15, 0.2) is 5.75 Å². The van der Waals surface area contributed by atoms with Gasteiger partial charge in [-0.3, -0.25) is 5.11 Å². The van der Waals surface area contributed by atoms with Crippen LogP contribution in [-0.2, 0) is 11.7 Å². The number of anilines is 1. The second-order valence-corrected chi connectivity index (χ2v) is 2.06. The summed E-state index contributed by atoms with van der Waals surface area (Å²) < 4.78 is 0. The van der Waals surface area contributed by atoms with Crippen LogP contribution in [-0.4, -0.2) is 0 Å². The van der Waals surface area contributed by atoms with E-state index in [1.165, 1.54) is 12.1 Å². The minimum Gasteiger partial charge on any atom is -0.398 e. The Hall–Kier alpha value is -1.22. The molecule has 0 saturated heterocycles. The first-order valence-corrected chi connectivity index (χ1v) is 2.99. The van der Waals surface area contributed by atoms with E-state index in [0.717, 1.165) is 5.56 Å². The maximum atomic E-state index is 10.6. The lowest BCUT2D eigenvalue weighted by atomic mass is 10.2. The third-order valence-corrected chi connectivity index (χ3v) is 1.34. The van der Waals surface area contributed by atoms with E-state index in [2.05, 4.69) is 0 Å². The smallest absolute Gasteiger partial charge is 0.180 e. The summed E-state index contributed by atoms with van der Waals surface area (Å²) in [4.78, 5) is 0. The van der Waals surface area contributed by atoms with Gasteiger partial charge in [0.1, 0.15) is 0 Å². The summed E-state index contributed by atoms with van der Waals surface area (Å²) >= 11 is 0. The van der Waals surface area contributed by atoms with Crippen LogP contribution in [0.25, 0.3) is 0 Å². The van der Waals surface area contributed by atoms with Crippen molar-refractivity contribution in [2.75, 3.05) is 5.73 Å². The van der Waals surface area contributed by atoms with Crippen molar-refractivity contribution in [3.63, 3.8) is 0 Å². The number of benzene rings is 1. The minimum absolute atomic E-state index is 0.0744. The molecule has 0 aliphatic carbocycles. The first-order chi connectivity index (χ1) is 4.74. The Kier molecular flexibility index (Phi) is 1.78. The molecule has 3 nitrogen and oxygen atoms in total. The van der Waals surface area contributed by atoms with Gasteiger partial charge in [-0.25, -0.2) is 0 Å². The molecule has 0 aliphatic heterocycles. The van der Waals surface area contributed by atoms with Gasteiger partial charge in [-0.1, -0.05) is 6.07 Å². The summed E-state index contributed by atoms with van der Waals surface area (Å²) in [6, 6.07) is 4.48. The average Bonchev–Trinajstić information content (AvgIpc) is 1.88. The molecule has 0 bridgehead atoms. The fraction of sp³-hybridized carbons (Fsp3) is 0.143. The Morgan fingerprint density at radius 2 is 2.10 bits per heavy atom. The molecule has 4 N–H and O–H groups in total. The zero-order valence-electron chi connectivity index (χ0n) is 5.50. The van der Waals surface area contributed by atoms with Gasteiger partial charge in [0.25, 0.3) is 0 Å². The Labute approximate surface area is 59.3 Å². The van der Waals surface area contributed by atoms with Gasteiger partial charge in [0.05, 0.1) is 0 Å². The second-order valence-electron chi connectivity index (χ2n) is 2.06. The van der Waals surface area contributed by atoms with E-state index < -0.39 is 0 Å². The zero-order chi connectivity index (χ0) is 7.56. The molecule has 0 atom stereocenters. The molecule has 0 fully saturated rings. The minimum atomic E-state index is -0.0744. The van der Waals surface area contributed by atoms with E-state index in [-0.39, 0.29) is 5.75 Å². The fourth-order valence-electron chi connectivity index (χ4n) is 0.759. The summed E-state index contributed by atoms with van der Waals surface area (Å²) in [7, 11) is 0. The lowest BCUT2D eigenvalue weighted by Crippen LogP contribution is -2.00. The molecule has 0 saturated carbocycles. The molecule has 53 valence electrons. The number of hydrogen-bond acceptors (Lipinski definition) is 2. The van der Waals surface area contributed by atoms with Crippen LogP contribution in [0.3, 0.4) is 0 Å². The van der Waals surface area contributed by atoms with Crippen LogP contribution < -0.4 is 11.5 Å². The highest BCUT2D eigenvalue weighted by atomic mass is 16.3. The highest BCUT2D eigenvalue weighted by Gasteiger charge is 1.97. The first-order valence-electron chi connectivity index (χ1n) is 2.99. The van der Waals surface area contributed by atoms with E-state index in [4.69, 9.17) is 11.5 Å². The van der Waals surface area contributed by atoms with Crippen molar-refractivity contribution in [3.05, 3.63) is 23.8 Å². The van der Waals surface area contributed by atoms with Crippen LogP contribution in [0.4, 0.5) is 5.69 Å². The average molecular weight is 137 g/mol. The largest absolute Gasteiger partial charge is 0.398 e. The van der Waals surface area contributed by atoms with Crippen molar-refractivity contribution >= 4 is 5.69 Å².